The summed E-state index contributed by atoms with van der Waals surface area (Å²) in [5.41, 5.74) is 2.90. The Morgan fingerprint density at radius 3 is 2.59 bits per heavy atom. The Bertz CT molecular complexity index is 907. The standard InChI is InChI=1S/C17H11Cl2NO2/c1-9-5-6-13(19)15-12(17(21)22)8-14(20-16(9)15)10-3-2-4-11(18)7-10/h2-8H,1H3,(H,21,22). The molecule has 0 saturated carbocycles. The van der Waals surface area contributed by atoms with Crippen LogP contribution in [-0.4, -0.2) is 16.1 Å². The van der Waals surface area contributed by atoms with E-state index < -0.39 is 5.97 Å². The van der Waals surface area contributed by atoms with Gasteiger partial charge in [-0.25, -0.2) is 9.78 Å². The number of benzene rings is 2. The van der Waals surface area contributed by atoms with Crippen LogP contribution in [-0.2, 0) is 0 Å². The number of halogens is 2. The highest BCUT2D eigenvalue weighted by atomic mass is 35.5. The summed E-state index contributed by atoms with van der Waals surface area (Å²) in [6.07, 6.45) is 0. The molecule has 1 aromatic heterocycles. The van der Waals surface area contributed by atoms with Gasteiger partial charge in [0, 0.05) is 16.0 Å². The number of carboxylic acids is 1. The number of aromatic nitrogens is 1. The maximum absolute atomic E-state index is 11.6. The Morgan fingerprint density at radius 1 is 1.14 bits per heavy atom. The van der Waals surface area contributed by atoms with Gasteiger partial charge in [-0.1, -0.05) is 41.4 Å². The first-order chi connectivity index (χ1) is 10.5. The van der Waals surface area contributed by atoms with E-state index in [1.54, 1.807) is 24.3 Å². The molecule has 110 valence electrons. The van der Waals surface area contributed by atoms with E-state index in [0.29, 0.717) is 26.6 Å². The number of rotatable bonds is 2. The molecule has 1 heterocycles. The van der Waals surface area contributed by atoms with Crippen molar-refractivity contribution in [3.8, 4) is 11.3 Å². The smallest absolute Gasteiger partial charge is 0.336 e. The van der Waals surface area contributed by atoms with Gasteiger partial charge in [-0.3, -0.25) is 0 Å². The predicted octanol–water partition coefficient (Wildman–Crippen LogP) is 5.22. The molecule has 0 fully saturated rings. The highest BCUT2D eigenvalue weighted by molar-refractivity contribution is 6.36. The number of pyridine rings is 1. The second kappa shape index (κ2) is 5.59. The van der Waals surface area contributed by atoms with Crippen LogP contribution in [0.2, 0.25) is 10.0 Å². The first-order valence-corrected chi connectivity index (χ1v) is 7.32. The largest absolute Gasteiger partial charge is 0.478 e. The minimum absolute atomic E-state index is 0.133. The Balaban J connectivity index is 2.39. The van der Waals surface area contributed by atoms with Crippen molar-refractivity contribution in [2.75, 3.05) is 0 Å². The minimum atomic E-state index is -1.04. The Kier molecular flexibility index (Phi) is 3.77. The summed E-state index contributed by atoms with van der Waals surface area (Å²) in [5, 5.41) is 10.9. The molecule has 0 aliphatic heterocycles. The normalized spacial score (nSPS) is 10.9. The van der Waals surface area contributed by atoms with Crippen molar-refractivity contribution in [3.05, 3.63) is 63.6 Å². The third kappa shape index (κ3) is 2.54. The molecule has 0 unspecified atom stereocenters. The molecule has 0 radical (unpaired) electrons. The minimum Gasteiger partial charge on any atom is -0.478 e. The molecule has 0 bridgehead atoms. The van der Waals surface area contributed by atoms with Crippen molar-refractivity contribution in [3.63, 3.8) is 0 Å². The Hall–Kier alpha value is -2.10. The lowest BCUT2D eigenvalue weighted by molar-refractivity contribution is 0.0699. The zero-order chi connectivity index (χ0) is 15.9. The second-order valence-corrected chi connectivity index (χ2v) is 5.80. The summed E-state index contributed by atoms with van der Waals surface area (Å²) in [6.45, 7) is 1.87. The third-order valence-corrected chi connectivity index (χ3v) is 4.01. The number of nitrogens with zero attached hydrogens (tertiary/aromatic N) is 1. The average Bonchev–Trinajstić information content (AvgIpc) is 2.50. The summed E-state index contributed by atoms with van der Waals surface area (Å²) < 4.78 is 0. The monoisotopic (exact) mass is 331 g/mol. The number of aromatic carboxylic acids is 1. The molecule has 2 aromatic carbocycles. The van der Waals surface area contributed by atoms with Gasteiger partial charge in [0.25, 0.3) is 0 Å². The SMILES string of the molecule is Cc1ccc(Cl)c2c(C(=O)O)cc(-c3cccc(Cl)c3)nc12. The zero-order valence-electron chi connectivity index (χ0n) is 11.6. The lowest BCUT2D eigenvalue weighted by atomic mass is 10.0. The third-order valence-electron chi connectivity index (χ3n) is 3.46. The van der Waals surface area contributed by atoms with Crippen molar-refractivity contribution in [2.24, 2.45) is 0 Å². The van der Waals surface area contributed by atoms with E-state index in [4.69, 9.17) is 23.2 Å². The molecular formula is C17H11Cl2NO2. The molecule has 3 rings (SSSR count). The van der Waals surface area contributed by atoms with Gasteiger partial charge in [-0.2, -0.15) is 0 Å². The Labute approximate surface area is 137 Å². The molecule has 0 spiro atoms. The van der Waals surface area contributed by atoms with Crippen LogP contribution in [0.25, 0.3) is 22.2 Å². The van der Waals surface area contributed by atoms with Crippen molar-refractivity contribution in [1.82, 2.24) is 4.98 Å². The van der Waals surface area contributed by atoms with Gasteiger partial charge < -0.3 is 5.11 Å². The van der Waals surface area contributed by atoms with Gasteiger partial charge in [0.2, 0.25) is 0 Å². The quantitative estimate of drug-likeness (QED) is 0.700. The lowest BCUT2D eigenvalue weighted by Gasteiger charge is -2.10. The van der Waals surface area contributed by atoms with Gasteiger partial charge in [-0.15, -0.1) is 0 Å². The van der Waals surface area contributed by atoms with E-state index in [1.807, 2.05) is 19.1 Å². The lowest BCUT2D eigenvalue weighted by Crippen LogP contribution is -2.01. The zero-order valence-corrected chi connectivity index (χ0v) is 13.1. The molecule has 3 aromatic rings. The van der Waals surface area contributed by atoms with Crippen LogP contribution >= 0.6 is 23.2 Å². The van der Waals surface area contributed by atoms with Crippen LogP contribution in [0.1, 0.15) is 15.9 Å². The molecule has 0 saturated heterocycles. The molecule has 0 atom stereocenters. The van der Waals surface area contributed by atoms with Crippen molar-refractivity contribution >= 4 is 40.1 Å². The first-order valence-electron chi connectivity index (χ1n) is 6.56. The van der Waals surface area contributed by atoms with Crippen molar-refractivity contribution in [2.45, 2.75) is 6.92 Å². The van der Waals surface area contributed by atoms with Gasteiger partial charge in [0.15, 0.2) is 0 Å². The molecule has 0 aliphatic carbocycles. The van der Waals surface area contributed by atoms with Crippen molar-refractivity contribution < 1.29 is 9.90 Å². The molecule has 5 heteroatoms. The maximum Gasteiger partial charge on any atom is 0.336 e. The molecule has 0 amide bonds. The number of hydrogen-bond donors (Lipinski definition) is 1. The van der Waals surface area contributed by atoms with Crippen LogP contribution in [0.3, 0.4) is 0 Å². The van der Waals surface area contributed by atoms with E-state index in [9.17, 15) is 9.90 Å². The fourth-order valence-corrected chi connectivity index (χ4v) is 2.84. The van der Waals surface area contributed by atoms with Crippen LogP contribution in [0.5, 0.6) is 0 Å². The van der Waals surface area contributed by atoms with Gasteiger partial charge in [0.1, 0.15) is 0 Å². The van der Waals surface area contributed by atoms with Crippen LogP contribution in [0.15, 0.2) is 42.5 Å². The fourth-order valence-electron chi connectivity index (χ4n) is 2.40. The van der Waals surface area contributed by atoms with E-state index in [1.165, 1.54) is 6.07 Å². The topological polar surface area (TPSA) is 50.2 Å². The van der Waals surface area contributed by atoms with Crippen molar-refractivity contribution in [1.29, 1.82) is 0 Å². The second-order valence-electron chi connectivity index (χ2n) is 4.96. The highest BCUT2D eigenvalue weighted by Crippen LogP contribution is 2.32. The Morgan fingerprint density at radius 2 is 1.91 bits per heavy atom. The summed E-state index contributed by atoms with van der Waals surface area (Å²) in [4.78, 5) is 16.2. The fraction of sp³-hybridized carbons (Fsp3) is 0.0588. The number of carboxylic acid groups (broad SMARTS) is 1. The number of hydrogen-bond acceptors (Lipinski definition) is 2. The van der Waals surface area contributed by atoms with Gasteiger partial charge >= 0.3 is 5.97 Å². The van der Waals surface area contributed by atoms with Gasteiger partial charge in [0.05, 0.1) is 21.8 Å². The maximum atomic E-state index is 11.6. The summed E-state index contributed by atoms with van der Waals surface area (Å²) in [5.74, 6) is -1.04. The molecule has 1 N–H and O–H groups in total. The van der Waals surface area contributed by atoms with Gasteiger partial charge in [-0.05, 0) is 36.8 Å². The van der Waals surface area contributed by atoms with E-state index in [0.717, 1.165) is 11.1 Å². The number of fused-ring (bicyclic) bond motifs is 1. The molecule has 0 aliphatic rings. The number of carbonyl (C=O) groups is 1. The average molecular weight is 332 g/mol. The predicted molar refractivity (Wildman–Crippen MR) is 88.9 cm³/mol. The summed E-state index contributed by atoms with van der Waals surface area (Å²) in [7, 11) is 0. The summed E-state index contributed by atoms with van der Waals surface area (Å²) in [6, 6.07) is 12.2. The number of aryl methyl sites for hydroxylation is 1. The highest BCUT2D eigenvalue weighted by Gasteiger charge is 2.16. The van der Waals surface area contributed by atoms with E-state index in [-0.39, 0.29) is 5.56 Å². The van der Waals surface area contributed by atoms with E-state index in [2.05, 4.69) is 4.98 Å². The van der Waals surface area contributed by atoms with E-state index >= 15 is 0 Å². The summed E-state index contributed by atoms with van der Waals surface area (Å²) >= 11 is 12.2. The molecule has 22 heavy (non-hydrogen) atoms. The molecular weight excluding hydrogens is 321 g/mol. The van der Waals surface area contributed by atoms with Crippen LogP contribution < -0.4 is 0 Å². The first kappa shape index (κ1) is 14.8. The molecule has 3 nitrogen and oxygen atoms in total. The van der Waals surface area contributed by atoms with Crippen LogP contribution in [0, 0.1) is 6.92 Å². The van der Waals surface area contributed by atoms with Crippen LogP contribution in [0.4, 0.5) is 0 Å².